The zero-order chi connectivity index (χ0) is 59.2. The first-order valence-electron chi connectivity index (χ1n) is 29.7. The van der Waals surface area contributed by atoms with Crippen LogP contribution in [0, 0.1) is 0 Å². The largest absolute Gasteiger partial charge is 0.507 e. The van der Waals surface area contributed by atoms with Gasteiger partial charge in [0.2, 0.25) is 0 Å². The lowest BCUT2D eigenvalue weighted by molar-refractivity contribution is 0.466. The molecule has 9 rings (SSSR count). The molecule has 0 spiro atoms. The Morgan fingerprint density at radius 2 is 1.25 bits per heavy atom. The van der Waals surface area contributed by atoms with Gasteiger partial charge in [0, 0.05) is 36.7 Å². The number of para-hydroxylation sites is 1. The molecular formula is C61H59N3O. The van der Waals surface area contributed by atoms with E-state index in [9.17, 15) is 10.6 Å². The van der Waals surface area contributed by atoms with Crippen LogP contribution >= 0.6 is 0 Å². The molecule has 4 nitrogen and oxygen atoms in total. The highest BCUT2D eigenvalue weighted by Gasteiger charge is 2.25. The Labute approximate surface area is 407 Å². The lowest BCUT2D eigenvalue weighted by atomic mass is 9.86. The number of phenols is 1. The van der Waals surface area contributed by atoms with Gasteiger partial charge in [-0.15, -0.1) is 0 Å². The summed E-state index contributed by atoms with van der Waals surface area (Å²) < 4.78 is 141. The van der Waals surface area contributed by atoms with Crippen molar-refractivity contribution in [1.82, 2.24) is 14.5 Å². The molecule has 0 atom stereocenters. The third-order valence-corrected chi connectivity index (χ3v) is 11.8. The summed E-state index contributed by atoms with van der Waals surface area (Å²) in [5.74, 6) is -0.499. The number of aromatic nitrogens is 3. The summed E-state index contributed by atoms with van der Waals surface area (Å²) in [5.41, 5.74) is 3.16. The zero-order valence-electron chi connectivity index (χ0n) is 53.1. The van der Waals surface area contributed by atoms with E-state index in [0.29, 0.717) is 50.4 Å². The highest BCUT2D eigenvalue weighted by molar-refractivity contribution is 5.98. The number of rotatable bonds is 10. The molecule has 1 N–H and O–H groups in total. The van der Waals surface area contributed by atoms with Crippen molar-refractivity contribution in [3.8, 4) is 78.6 Å². The molecule has 0 fully saturated rings. The fourth-order valence-electron chi connectivity index (χ4n) is 8.20. The summed E-state index contributed by atoms with van der Waals surface area (Å²) in [6, 6.07) is 34.9. The van der Waals surface area contributed by atoms with Gasteiger partial charge in [0.15, 0.2) is 0 Å². The molecule has 0 unspecified atom stereocenters. The number of fused-ring (bicyclic) bond motifs is 1. The van der Waals surface area contributed by atoms with Crippen LogP contribution in [0.2, 0.25) is 0 Å². The van der Waals surface area contributed by atoms with Crippen molar-refractivity contribution in [2.24, 2.45) is 0 Å². The maximum atomic E-state index is 12.4. The lowest BCUT2D eigenvalue weighted by Crippen LogP contribution is -2.10. The molecule has 9 aromatic rings. The molecule has 0 bridgehead atoms. The van der Waals surface area contributed by atoms with E-state index in [4.69, 9.17) is 21.4 Å². The van der Waals surface area contributed by atoms with E-state index in [1.165, 1.54) is 0 Å². The third kappa shape index (κ3) is 8.66. The quantitative estimate of drug-likeness (QED) is 0.149. The first-order valence-corrected chi connectivity index (χ1v) is 21.7. The zero-order valence-corrected chi connectivity index (χ0v) is 37.1. The average Bonchev–Trinajstić information content (AvgIpc) is 3.88. The lowest BCUT2D eigenvalue weighted by Gasteiger charge is -2.19. The summed E-state index contributed by atoms with van der Waals surface area (Å²) in [6.07, 6.45) is 1.07. The molecule has 0 saturated heterocycles. The Hall–Kier alpha value is -7.04. The minimum atomic E-state index is -3.90. The van der Waals surface area contributed by atoms with E-state index >= 15 is 0 Å². The smallest absolute Gasteiger partial charge is 0.149 e. The topological polar surface area (TPSA) is 50.9 Å². The predicted octanol–water partition coefficient (Wildman–Crippen LogP) is 16.8. The van der Waals surface area contributed by atoms with Crippen molar-refractivity contribution in [3.63, 3.8) is 0 Å². The molecule has 0 amide bonds. The predicted molar refractivity (Wildman–Crippen MR) is 274 cm³/mol. The Balaban J connectivity index is 1.34. The van der Waals surface area contributed by atoms with Crippen LogP contribution in [0.15, 0.2) is 170 Å². The molecule has 0 aliphatic rings. The van der Waals surface area contributed by atoms with Crippen molar-refractivity contribution in [3.05, 3.63) is 192 Å². The fraction of sp³-hybridized carbons (Fsp3) is 0.213. The van der Waals surface area contributed by atoms with Gasteiger partial charge in [-0.05, 0) is 139 Å². The van der Waals surface area contributed by atoms with Crippen molar-refractivity contribution >= 4 is 11.0 Å². The Kier molecular flexibility index (Phi) is 7.54. The number of hydrogen-bond donors (Lipinski definition) is 1. The summed E-state index contributed by atoms with van der Waals surface area (Å²) >= 11 is 0. The van der Waals surface area contributed by atoms with Crippen LogP contribution < -0.4 is 0 Å². The summed E-state index contributed by atoms with van der Waals surface area (Å²) in [7, 11) is 0. The first kappa shape index (κ1) is 28.0. The first-order chi connectivity index (χ1) is 37.8. The van der Waals surface area contributed by atoms with Crippen molar-refractivity contribution in [2.45, 2.75) is 85.2 Å². The van der Waals surface area contributed by atoms with E-state index in [2.05, 4.69) is 18.8 Å². The van der Waals surface area contributed by atoms with Crippen LogP contribution in [0.4, 0.5) is 0 Å². The van der Waals surface area contributed by atoms with Gasteiger partial charge >= 0.3 is 0 Å². The molecule has 7 aromatic carbocycles. The minimum absolute atomic E-state index is 0.0566. The molecule has 2 aromatic heterocycles. The van der Waals surface area contributed by atoms with Gasteiger partial charge in [0.25, 0.3) is 0 Å². The minimum Gasteiger partial charge on any atom is -0.507 e. The van der Waals surface area contributed by atoms with Gasteiger partial charge in [-0.25, -0.2) is 4.98 Å². The van der Waals surface area contributed by atoms with E-state index < -0.39 is 84.8 Å². The second kappa shape index (κ2) is 17.5. The van der Waals surface area contributed by atoms with Crippen LogP contribution in [0.25, 0.3) is 83.9 Å². The second-order valence-corrected chi connectivity index (χ2v) is 17.3. The van der Waals surface area contributed by atoms with Crippen LogP contribution in [0.1, 0.15) is 124 Å². The van der Waals surface area contributed by atoms with Gasteiger partial charge in [-0.1, -0.05) is 171 Å². The number of aromatic hydroxyl groups is 1. The van der Waals surface area contributed by atoms with Crippen LogP contribution in [-0.4, -0.2) is 19.6 Å². The van der Waals surface area contributed by atoms with E-state index in [-0.39, 0.29) is 23.3 Å². The van der Waals surface area contributed by atoms with Crippen LogP contribution in [-0.2, 0) is 5.41 Å². The second-order valence-electron chi connectivity index (χ2n) is 17.3. The highest BCUT2D eigenvalue weighted by Crippen LogP contribution is 2.44. The SMILES string of the molecule is [2H]c1cnc(-c2cc(-c3ccccc3)cc(-c3cccc4c3nc(-c3cc(C(C)C)cc(C(C)C)c3O)n4-c3cc(-c4ccccc4)cc(C([2H])(C)C)c3)c2)c([2H])c1-c1c([2H])c([2H])c(C(C([2H])([2H])[2H])(C([2H])([2H])[2H])C([2H])([2H])[2H])c([2H])c1[2H]. The maximum absolute atomic E-state index is 12.4. The van der Waals surface area contributed by atoms with Gasteiger partial charge in [0.1, 0.15) is 11.6 Å². The summed E-state index contributed by atoms with van der Waals surface area (Å²) in [4.78, 5) is 10.0. The number of imidazole rings is 1. The van der Waals surface area contributed by atoms with Crippen LogP contribution in [0.5, 0.6) is 5.75 Å². The van der Waals surface area contributed by atoms with Gasteiger partial charge < -0.3 is 5.11 Å². The van der Waals surface area contributed by atoms with E-state index in [0.717, 1.165) is 39.6 Å². The molecule has 2 heterocycles. The summed E-state index contributed by atoms with van der Waals surface area (Å²) in [6.45, 7) is 0.183. The molecule has 0 saturated carbocycles. The van der Waals surface area contributed by atoms with Gasteiger partial charge in [-0.2, -0.15) is 0 Å². The van der Waals surface area contributed by atoms with Crippen molar-refractivity contribution in [2.75, 3.05) is 0 Å². The Bertz CT molecular complexity index is 3850. The fourth-order valence-corrected chi connectivity index (χ4v) is 8.20. The highest BCUT2D eigenvalue weighted by atomic mass is 16.3. The molecule has 65 heavy (non-hydrogen) atoms. The van der Waals surface area contributed by atoms with E-state index in [1.807, 2.05) is 148 Å². The third-order valence-electron chi connectivity index (χ3n) is 11.8. The average molecular weight is 866 g/mol. The molecule has 0 aliphatic heterocycles. The number of hydrogen-bond acceptors (Lipinski definition) is 3. The molecule has 0 radical (unpaired) electrons. The van der Waals surface area contributed by atoms with Crippen LogP contribution in [0.3, 0.4) is 0 Å². The van der Waals surface area contributed by atoms with Crippen molar-refractivity contribution < 1.29 is 27.0 Å². The molecular weight excluding hydrogens is 791 g/mol. The van der Waals surface area contributed by atoms with Gasteiger partial charge in [-0.3, -0.25) is 9.55 Å². The Morgan fingerprint density at radius 1 is 0.585 bits per heavy atom. The standard InChI is InChI=1S/C61H59N3O/c1-38(2)45-29-48(42-19-14-11-15-20-42)34-52(33-45)64-57-22-16-21-53(58(57)63-60(64)55-36-46(39(3)4)35-54(40(5)6)59(55)65)49-30-47(41-17-12-10-13-18-41)31-50(32-49)56-37-44(27-28-62-56)43-23-25-51(26-24-43)61(7,8)9/h10-40,65H,1-9H3/i7D3,8D3,9D3,23D,24D,25D,26D,27D,37D,38D. The molecule has 4 heteroatoms. The monoisotopic (exact) mass is 866 g/mol. The number of benzene rings is 7. The van der Waals surface area contributed by atoms with Crippen molar-refractivity contribution in [1.29, 1.82) is 0 Å². The van der Waals surface area contributed by atoms with Gasteiger partial charge in [0.05, 0.1) is 30.5 Å². The number of pyridine rings is 1. The number of nitrogens with zero attached hydrogens (tertiary/aromatic N) is 3. The maximum Gasteiger partial charge on any atom is 0.149 e. The summed E-state index contributed by atoms with van der Waals surface area (Å²) in [5, 5.41) is 12.4. The number of phenolic OH excluding ortho intramolecular Hbond substituents is 1. The normalized spacial score (nSPS) is 16.2. The molecule has 0 aliphatic carbocycles. The Morgan fingerprint density at radius 3 is 1.89 bits per heavy atom. The molecule has 324 valence electrons. The van der Waals surface area contributed by atoms with E-state index in [1.54, 1.807) is 12.1 Å².